The van der Waals surface area contributed by atoms with E-state index >= 15 is 0 Å². The van der Waals surface area contributed by atoms with E-state index in [4.69, 9.17) is 19.9 Å². The van der Waals surface area contributed by atoms with Crippen LogP contribution in [-0.4, -0.2) is 29.1 Å². The maximum Gasteiger partial charge on any atom is 0.180 e. The first-order valence-corrected chi connectivity index (χ1v) is 18.7. The molecule has 0 amide bonds. The van der Waals surface area contributed by atoms with Gasteiger partial charge in [0.2, 0.25) is 0 Å². The van der Waals surface area contributed by atoms with Crippen LogP contribution in [0.3, 0.4) is 0 Å². The lowest BCUT2D eigenvalue weighted by Gasteiger charge is -2.13. The van der Waals surface area contributed by atoms with Crippen LogP contribution in [0.1, 0.15) is 0 Å². The molecule has 4 heterocycles. The average molecular weight is 717 g/mol. The van der Waals surface area contributed by atoms with Gasteiger partial charge in [-0.1, -0.05) is 127 Å². The quantitative estimate of drug-likeness (QED) is 0.172. The zero-order valence-electron chi connectivity index (χ0n) is 30.2. The van der Waals surface area contributed by atoms with Crippen molar-refractivity contribution in [2.24, 2.45) is 0 Å². The Morgan fingerprint density at radius 1 is 0.357 bits per heavy atom. The van der Waals surface area contributed by atoms with Gasteiger partial charge in [0.1, 0.15) is 5.69 Å². The second-order valence-corrected chi connectivity index (χ2v) is 14.0. The summed E-state index contributed by atoms with van der Waals surface area (Å²) in [4.78, 5) is 20.7. The Morgan fingerprint density at radius 2 is 0.982 bits per heavy atom. The van der Waals surface area contributed by atoms with Gasteiger partial charge in [-0.05, 0) is 60.7 Å². The van der Waals surface area contributed by atoms with Crippen molar-refractivity contribution in [2.75, 3.05) is 0 Å². The molecule has 0 aliphatic carbocycles. The maximum atomic E-state index is 5.28. The molecule has 0 N–H and O–H groups in total. The Balaban J connectivity index is 1.09. The lowest BCUT2D eigenvalue weighted by Crippen LogP contribution is -2.01. The van der Waals surface area contributed by atoms with Crippen molar-refractivity contribution in [1.82, 2.24) is 29.1 Å². The number of rotatable bonds is 6. The Hall–Kier alpha value is -7.70. The molecule has 0 saturated heterocycles. The van der Waals surface area contributed by atoms with E-state index in [0.29, 0.717) is 17.3 Å². The predicted molar refractivity (Wildman–Crippen MR) is 228 cm³/mol. The molecule has 56 heavy (non-hydrogen) atoms. The number of hydrogen-bond donors (Lipinski definition) is 0. The molecule has 0 fully saturated rings. The van der Waals surface area contributed by atoms with Crippen LogP contribution < -0.4 is 0 Å². The van der Waals surface area contributed by atoms with Gasteiger partial charge < -0.3 is 9.13 Å². The molecule has 262 valence electrons. The van der Waals surface area contributed by atoms with Crippen molar-refractivity contribution in [2.45, 2.75) is 0 Å². The number of aromatic nitrogens is 6. The van der Waals surface area contributed by atoms with Crippen LogP contribution in [0, 0.1) is 0 Å². The first-order chi connectivity index (χ1) is 27.7. The van der Waals surface area contributed by atoms with Crippen molar-refractivity contribution in [3.63, 3.8) is 0 Å². The van der Waals surface area contributed by atoms with Gasteiger partial charge in [-0.2, -0.15) is 0 Å². The molecule has 0 saturated carbocycles. The molecular formula is C50H32N6. The number of fused-ring (bicyclic) bond motifs is 5. The number of hydrogen-bond acceptors (Lipinski definition) is 4. The molecule has 7 aromatic carbocycles. The van der Waals surface area contributed by atoms with Crippen LogP contribution in [0.4, 0.5) is 0 Å². The average Bonchev–Trinajstić information content (AvgIpc) is 3.84. The third kappa shape index (κ3) is 5.35. The van der Waals surface area contributed by atoms with Crippen LogP contribution in [-0.2, 0) is 0 Å². The van der Waals surface area contributed by atoms with Crippen molar-refractivity contribution in [3.8, 4) is 56.8 Å². The Labute approximate surface area is 322 Å². The molecular weight excluding hydrogens is 685 g/mol. The highest BCUT2D eigenvalue weighted by molar-refractivity contribution is 6.13. The van der Waals surface area contributed by atoms with Gasteiger partial charge in [0.15, 0.2) is 11.6 Å². The van der Waals surface area contributed by atoms with Crippen molar-refractivity contribution in [1.29, 1.82) is 0 Å². The van der Waals surface area contributed by atoms with E-state index < -0.39 is 0 Å². The minimum Gasteiger partial charge on any atom is -0.317 e. The third-order valence-corrected chi connectivity index (χ3v) is 10.6. The Bertz CT molecular complexity index is 3180. The fourth-order valence-corrected chi connectivity index (χ4v) is 7.92. The van der Waals surface area contributed by atoms with Crippen LogP contribution in [0.5, 0.6) is 0 Å². The summed E-state index contributed by atoms with van der Waals surface area (Å²) in [6, 6.07) is 65.1. The van der Waals surface area contributed by atoms with E-state index in [9.17, 15) is 0 Å². The molecule has 6 nitrogen and oxygen atoms in total. The zero-order valence-corrected chi connectivity index (χ0v) is 30.2. The summed E-state index contributed by atoms with van der Waals surface area (Å²) in [6.07, 6.45) is 2.16. The lowest BCUT2D eigenvalue weighted by molar-refractivity contribution is 1.13. The minimum absolute atomic E-state index is 0.551. The van der Waals surface area contributed by atoms with Crippen molar-refractivity contribution >= 4 is 43.6 Å². The molecule has 11 rings (SSSR count). The summed E-state index contributed by atoms with van der Waals surface area (Å²) >= 11 is 0. The second-order valence-electron chi connectivity index (χ2n) is 14.0. The van der Waals surface area contributed by atoms with Gasteiger partial charge in [0.05, 0.1) is 33.5 Å². The highest BCUT2D eigenvalue weighted by Crippen LogP contribution is 2.37. The first kappa shape index (κ1) is 31.8. The van der Waals surface area contributed by atoms with Gasteiger partial charge in [-0.15, -0.1) is 0 Å². The first-order valence-electron chi connectivity index (χ1n) is 18.7. The molecule has 11 aromatic rings. The summed E-state index contributed by atoms with van der Waals surface area (Å²) in [5.41, 5.74) is 11.7. The molecule has 0 aliphatic rings. The Morgan fingerprint density at radius 3 is 1.73 bits per heavy atom. The van der Waals surface area contributed by atoms with Gasteiger partial charge in [-0.3, -0.25) is 0 Å². The molecule has 0 bridgehead atoms. The standard InChI is InChI=1S/C50H32N6/c1-4-15-33(16-5-1)43-32-44(34-17-6-2-7-18-34)53-50(52-43)48-40-24-10-12-25-42(40)51-49(54-48)36-19-14-22-38(29-36)56-45-26-13-11-23-39(45)41-31-46-35(30-47(41)56)27-28-55(46)37-20-8-3-9-21-37/h1-32H. The van der Waals surface area contributed by atoms with Gasteiger partial charge in [-0.25, -0.2) is 19.9 Å². The normalized spacial score (nSPS) is 11.6. The van der Waals surface area contributed by atoms with Gasteiger partial charge >= 0.3 is 0 Å². The predicted octanol–water partition coefficient (Wildman–Crippen LogP) is 12.1. The number of benzene rings is 7. The Kier molecular flexibility index (Phi) is 7.38. The van der Waals surface area contributed by atoms with Crippen LogP contribution in [0.15, 0.2) is 194 Å². The molecule has 4 aromatic heterocycles. The summed E-state index contributed by atoms with van der Waals surface area (Å²) < 4.78 is 4.62. The maximum absolute atomic E-state index is 5.28. The van der Waals surface area contributed by atoms with E-state index in [1.54, 1.807) is 0 Å². The molecule has 0 atom stereocenters. The minimum atomic E-state index is 0.551. The molecule has 6 heteroatoms. The molecule has 0 aliphatic heterocycles. The summed E-state index contributed by atoms with van der Waals surface area (Å²) in [5, 5.41) is 4.47. The van der Waals surface area contributed by atoms with Gasteiger partial charge in [0.25, 0.3) is 0 Å². The summed E-state index contributed by atoms with van der Waals surface area (Å²) in [5.74, 6) is 1.16. The lowest BCUT2D eigenvalue weighted by atomic mass is 10.1. The van der Waals surface area contributed by atoms with Gasteiger partial charge in [0, 0.05) is 55.8 Å². The van der Waals surface area contributed by atoms with E-state index in [-0.39, 0.29) is 0 Å². The smallest absolute Gasteiger partial charge is 0.180 e. The monoisotopic (exact) mass is 716 g/mol. The van der Waals surface area contributed by atoms with Crippen molar-refractivity contribution < 1.29 is 0 Å². The highest BCUT2D eigenvalue weighted by Gasteiger charge is 2.19. The van der Waals surface area contributed by atoms with E-state index in [1.807, 2.05) is 54.6 Å². The highest BCUT2D eigenvalue weighted by atomic mass is 15.0. The van der Waals surface area contributed by atoms with Crippen LogP contribution >= 0.6 is 0 Å². The topological polar surface area (TPSA) is 61.4 Å². The molecule has 0 radical (unpaired) electrons. The third-order valence-electron chi connectivity index (χ3n) is 10.6. The van der Waals surface area contributed by atoms with Crippen LogP contribution in [0.25, 0.3) is 100 Å². The fourth-order valence-electron chi connectivity index (χ4n) is 7.92. The van der Waals surface area contributed by atoms with Crippen LogP contribution in [0.2, 0.25) is 0 Å². The van der Waals surface area contributed by atoms with E-state index in [1.165, 1.54) is 21.7 Å². The van der Waals surface area contributed by atoms with Crippen molar-refractivity contribution in [3.05, 3.63) is 194 Å². The largest absolute Gasteiger partial charge is 0.317 e. The van der Waals surface area contributed by atoms with E-state index in [0.717, 1.165) is 61.4 Å². The SMILES string of the molecule is c1ccc(-c2cc(-c3ccccc3)nc(-c3nc(-c4cccc(-n5c6ccccc6c6cc7c(ccn7-c7ccccc7)cc65)c4)nc4ccccc34)n2)cc1. The molecule has 0 unspecified atom stereocenters. The fraction of sp³-hybridized carbons (Fsp3) is 0. The number of para-hydroxylation sites is 3. The zero-order chi connectivity index (χ0) is 37.0. The number of nitrogens with zero attached hydrogens (tertiary/aromatic N) is 6. The summed E-state index contributed by atoms with van der Waals surface area (Å²) in [7, 11) is 0. The summed E-state index contributed by atoms with van der Waals surface area (Å²) in [6.45, 7) is 0. The molecule has 0 spiro atoms. The van der Waals surface area contributed by atoms with E-state index in [2.05, 4.69) is 149 Å². The second kappa shape index (κ2) is 13.0.